The third-order valence-electron chi connectivity index (χ3n) is 5.39. The highest BCUT2D eigenvalue weighted by Crippen LogP contribution is 2.43. The van der Waals surface area contributed by atoms with Crippen molar-refractivity contribution in [2.24, 2.45) is 0 Å². The van der Waals surface area contributed by atoms with Crippen LogP contribution in [0.25, 0.3) is 0 Å². The van der Waals surface area contributed by atoms with Crippen LogP contribution in [0.5, 0.6) is 0 Å². The molecule has 6 heteroatoms. The van der Waals surface area contributed by atoms with E-state index in [1.165, 1.54) is 7.11 Å². The largest absolute Gasteiger partial charge is 0.467 e. The zero-order valence-electron chi connectivity index (χ0n) is 16.8. The molecule has 146 valence electrons. The predicted octanol–water partition coefficient (Wildman–Crippen LogP) is 3.93. The smallest absolute Gasteiger partial charge is 0.343 e. The van der Waals surface area contributed by atoms with E-state index >= 15 is 0 Å². The second-order valence-electron chi connectivity index (χ2n) is 8.36. The molecule has 1 heterocycles. The number of rotatable bonds is 9. The Hall–Kier alpha value is -1.21. The SMILES string of the molecule is COC(=O)[C@]1([C@@H](CCOCc2ccccc2)O[Si](C)(C)C(C)(C)C)CO1. The van der Waals surface area contributed by atoms with Crippen molar-refractivity contribution in [2.75, 3.05) is 20.3 Å². The molecule has 1 aromatic carbocycles. The maximum atomic E-state index is 12.3. The first-order valence-electron chi connectivity index (χ1n) is 9.14. The molecule has 0 bridgehead atoms. The van der Waals surface area contributed by atoms with E-state index in [1.54, 1.807) is 0 Å². The first kappa shape index (κ1) is 21.1. The zero-order valence-corrected chi connectivity index (χ0v) is 17.8. The Labute approximate surface area is 158 Å². The minimum atomic E-state index is -2.06. The standard InChI is InChI=1S/C20H32O5Si/c1-19(2,3)26(5,6)25-17(20(15-24-20)18(21)22-4)12-13-23-14-16-10-8-7-9-11-16/h7-11,17H,12-15H2,1-6H3/t17-,20-/m1/s1. The summed E-state index contributed by atoms with van der Waals surface area (Å²) in [5.74, 6) is -0.357. The molecule has 1 aromatic rings. The Balaban J connectivity index is 2.01. The molecule has 0 N–H and O–H groups in total. The Bertz CT molecular complexity index is 590. The van der Waals surface area contributed by atoms with Gasteiger partial charge in [-0.05, 0) is 30.1 Å². The Morgan fingerprint density at radius 1 is 1.27 bits per heavy atom. The number of carbonyl (C=O) groups is 1. The van der Waals surface area contributed by atoms with Gasteiger partial charge in [-0.25, -0.2) is 4.79 Å². The van der Waals surface area contributed by atoms with Crippen molar-refractivity contribution in [2.45, 2.75) is 63.6 Å². The molecule has 1 saturated heterocycles. The fourth-order valence-electron chi connectivity index (χ4n) is 2.56. The van der Waals surface area contributed by atoms with E-state index in [2.05, 4.69) is 33.9 Å². The van der Waals surface area contributed by atoms with Gasteiger partial charge in [0.15, 0.2) is 8.32 Å². The highest BCUT2D eigenvalue weighted by molar-refractivity contribution is 6.74. The highest BCUT2D eigenvalue weighted by Gasteiger charge is 2.61. The third kappa shape index (κ3) is 4.94. The molecule has 0 spiro atoms. The van der Waals surface area contributed by atoms with Crippen LogP contribution in [-0.2, 0) is 30.0 Å². The van der Waals surface area contributed by atoms with E-state index in [4.69, 9.17) is 18.6 Å². The van der Waals surface area contributed by atoms with E-state index in [0.29, 0.717) is 26.2 Å². The number of benzene rings is 1. The molecule has 2 rings (SSSR count). The van der Waals surface area contributed by atoms with Crippen molar-refractivity contribution in [1.82, 2.24) is 0 Å². The summed E-state index contributed by atoms with van der Waals surface area (Å²) in [6, 6.07) is 10.0. The molecular weight excluding hydrogens is 348 g/mol. The van der Waals surface area contributed by atoms with Crippen molar-refractivity contribution in [3.63, 3.8) is 0 Å². The average Bonchev–Trinajstić information content (AvgIpc) is 3.38. The van der Waals surface area contributed by atoms with E-state index in [-0.39, 0.29) is 17.1 Å². The number of hydrogen-bond acceptors (Lipinski definition) is 5. The summed E-state index contributed by atoms with van der Waals surface area (Å²) in [6.45, 7) is 12.3. The van der Waals surface area contributed by atoms with Gasteiger partial charge in [-0.15, -0.1) is 0 Å². The fourth-order valence-corrected chi connectivity index (χ4v) is 3.93. The first-order chi connectivity index (χ1) is 12.1. The second kappa shape index (κ2) is 8.21. The van der Waals surface area contributed by atoms with Gasteiger partial charge in [0.05, 0.1) is 26.4 Å². The molecule has 0 saturated carbocycles. The van der Waals surface area contributed by atoms with Crippen molar-refractivity contribution >= 4 is 14.3 Å². The first-order valence-corrected chi connectivity index (χ1v) is 12.0. The third-order valence-corrected chi connectivity index (χ3v) is 9.87. The summed E-state index contributed by atoms with van der Waals surface area (Å²) in [5, 5.41) is 0.0440. The van der Waals surface area contributed by atoms with Gasteiger partial charge >= 0.3 is 5.97 Å². The lowest BCUT2D eigenvalue weighted by atomic mass is 10.0. The minimum Gasteiger partial charge on any atom is -0.467 e. The van der Waals surface area contributed by atoms with Gasteiger partial charge in [-0.3, -0.25) is 0 Å². The van der Waals surface area contributed by atoms with Crippen molar-refractivity contribution in [3.05, 3.63) is 35.9 Å². The van der Waals surface area contributed by atoms with Crippen LogP contribution in [0.15, 0.2) is 30.3 Å². The summed E-state index contributed by atoms with van der Waals surface area (Å²) in [5.41, 5.74) is 0.153. The van der Waals surface area contributed by atoms with E-state index in [0.717, 1.165) is 5.56 Å². The van der Waals surface area contributed by atoms with E-state index < -0.39 is 13.9 Å². The molecule has 0 unspecified atom stereocenters. The number of esters is 1. The molecule has 1 aliphatic heterocycles. The Morgan fingerprint density at radius 3 is 2.38 bits per heavy atom. The van der Waals surface area contributed by atoms with Crippen LogP contribution in [0.2, 0.25) is 18.1 Å². The van der Waals surface area contributed by atoms with Crippen LogP contribution in [0.4, 0.5) is 0 Å². The maximum Gasteiger partial charge on any atom is 0.343 e. The van der Waals surface area contributed by atoms with Crippen LogP contribution in [0.1, 0.15) is 32.8 Å². The van der Waals surface area contributed by atoms with Crippen LogP contribution < -0.4 is 0 Å². The van der Waals surface area contributed by atoms with Crippen LogP contribution in [0, 0.1) is 0 Å². The van der Waals surface area contributed by atoms with Crippen molar-refractivity contribution < 1.29 is 23.4 Å². The van der Waals surface area contributed by atoms with Gasteiger partial charge < -0.3 is 18.6 Å². The summed E-state index contributed by atoms with van der Waals surface area (Å²) in [4.78, 5) is 12.3. The number of ether oxygens (including phenoxy) is 3. The topological polar surface area (TPSA) is 57.3 Å². The molecule has 1 aliphatic rings. The second-order valence-corrected chi connectivity index (χ2v) is 13.1. The van der Waals surface area contributed by atoms with Gasteiger partial charge in [-0.2, -0.15) is 0 Å². The van der Waals surface area contributed by atoms with Crippen LogP contribution in [0.3, 0.4) is 0 Å². The highest BCUT2D eigenvalue weighted by atomic mass is 28.4. The molecule has 0 aromatic heterocycles. The Kier molecular flexibility index (Phi) is 6.66. The van der Waals surface area contributed by atoms with Gasteiger partial charge in [0.1, 0.15) is 0 Å². The summed E-state index contributed by atoms with van der Waals surface area (Å²) < 4.78 is 22.9. The van der Waals surface area contributed by atoms with Gasteiger partial charge in [0.25, 0.3) is 0 Å². The van der Waals surface area contributed by atoms with Gasteiger partial charge in [0, 0.05) is 6.61 Å². The predicted molar refractivity (Wildman–Crippen MR) is 103 cm³/mol. The van der Waals surface area contributed by atoms with Gasteiger partial charge in [0.2, 0.25) is 5.60 Å². The zero-order chi connectivity index (χ0) is 19.4. The summed E-state index contributed by atoms with van der Waals surface area (Å²) in [6.07, 6.45) is 0.237. The van der Waals surface area contributed by atoms with Crippen LogP contribution >= 0.6 is 0 Å². The van der Waals surface area contributed by atoms with Gasteiger partial charge in [-0.1, -0.05) is 51.1 Å². The molecule has 0 aliphatic carbocycles. The molecule has 26 heavy (non-hydrogen) atoms. The number of hydrogen-bond donors (Lipinski definition) is 0. The van der Waals surface area contributed by atoms with Crippen LogP contribution in [-0.4, -0.2) is 46.3 Å². The average molecular weight is 381 g/mol. The molecule has 5 nitrogen and oxygen atoms in total. The molecule has 2 atom stereocenters. The molecule has 0 amide bonds. The molecular formula is C20H32O5Si. The normalized spacial score (nSPS) is 21.3. The maximum absolute atomic E-state index is 12.3. The lowest BCUT2D eigenvalue weighted by molar-refractivity contribution is -0.151. The lowest BCUT2D eigenvalue weighted by Gasteiger charge is -2.40. The molecule has 1 fully saturated rings. The quantitative estimate of drug-likeness (QED) is 0.281. The minimum absolute atomic E-state index is 0.0440. The Morgan fingerprint density at radius 2 is 1.88 bits per heavy atom. The van der Waals surface area contributed by atoms with E-state index in [1.807, 2.05) is 30.3 Å². The number of methoxy groups -OCH3 is 1. The van der Waals surface area contributed by atoms with Crippen molar-refractivity contribution in [3.8, 4) is 0 Å². The van der Waals surface area contributed by atoms with Crippen molar-refractivity contribution in [1.29, 1.82) is 0 Å². The van der Waals surface area contributed by atoms with E-state index in [9.17, 15) is 4.79 Å². The fraction of sp³-hybridized carbons (Fsp3) is 0.650. The summed E-state index contributed by atoms with van der Waals surface area (Å²) >= 11 is 0. The number of epoxide rings is 1. The number of carbonyl (C=O) groups excluding carboxylic acids is 1. The molecule has 0 radical (unpaired) electrons. The lowest BCUT2D eigenvalue weighted by Crippen LogP contribution is -2.51. The monoisotopic (exact) mass is 380 g/mol. The summed E-state index contributed by atoms with van der Waals surface area (Å²) in [7, 11) is -0.674.